The first-order valence-corrected chi connectivity index (χ1v) is 5.82. The van der Waals surface area contributed by atoms with Gasteiger partial charge in [-0.25, -0.2) is 0 Å². The number of rotatable bonds is 8. The van der Waals surface area contributed by atoms with E-state index in [0.717, 1.165) is 12.8 Å². The van der Waals surface area contributed by atoms with Crippen molar-refractivity contribution < 1.29 is 9.59 Å². The third kappa shape index (κ3) is 8.23. The summed E-state index contributed by atoms with van der Waals surface area (Å²) in [7, 11) is 1.76. The molecule has 94 valence electrons. The SMILES string of the molecule is CCCNC(=O)CN(C)CC(=O)NCCC. The molecule has 0 rings (SSSR count). The Balaban J connectivity index is 3.67. The van der Waals surface area contributed by atoms with Crippen molar-refractivity contribution in [1.29, 1.82) is 0 Å². The molecule has 0 spiro atoms. The Morgan fingerprint density at radius 2 is 1.31 bits per heavy atom. The van der Waals surface area contributed by atoms with Crippen LogP contribution in [0.4, 0.5) is 0 Å². The minimum Gasteiger partial charge on any atom is -0.355 e. The lowest BCUT2D eigenvalue weighted by Crippen LogP contribution is -2.41. The predicted molar refractivity (Wildman–Crippen MR) is 64.1 cm³/mol. The van der Waals surface area contributed by atoms with Crippen molar-refractivity contribution in [3.63, 3.8) is 0 Å². The third-order valence-electron chi connectivity index (χ3n) is 1.97. The van der Waals surface area contributed by atoms with E-state index in [0.29, 0.717) is 13.1 Å². The summed E-state index contributed by atoms with van der Waals surface area (Å²) in [6.07, 6.45) is 1.85. The van der Waals surface area contributed by atoms with Crippen LogP contribution in [0.15, 0.2) is 0 Å². The zero-order valence-electron chi connectivity index (χ0n) is 10.5. The Morgan fingerprint density at radius 1 is 0.938 bits per heavy atom. The molecule has 0 fully saturated rings. The van der Waals surface area contributed by atoms with Gasteiger partial charge >= 0.3 is 0 Å². The molecule has 0 aliphatic carbocycles. The fourth-order valence-corrected chi connectivity index (χ4v) is 1.19. The van der Waals surface area contributed by atoms with Crippen LogP contribution >= 0.6 is 0 Å². The minimum absolute atomic E-state index is 0.0346. The summed E-state index contributed by atoms with van der Waals surface area (Å²) in [6.45, 7) is 5.91. The van der Waals surface area contributed by atoms with E-state index in [4.69, 9.17) is 0 Å². The number of nitrogens with zero attached hydrogens (tertiary/aromatic N) is 1. The molecule has 0 aliphatic heterocycles. The van der Waals surface area contributed by atoms with Gasteiger partial charge in [0.1, 0.15) is 0 Å². The molecule has 5 heteroatoms. The Morgan fingerprint density at radius 3 is 1.62 bits per heavy atom. The van der Waals surface area contributed by atoms with Crippen LogP contribution in [-0.2, 0) is 9.59 Å². The predicted octanol–water partition coefficient (Wildman–Crippen LogP) is -0.0294. The summed E-state index contributed by atoms with van der Waals surface area (Å²) in [5.74, 6) is -0.0692. The van der Waals surface area contributed by atoms with E-state index in [1.54, 1.807) is 11.9 Å². The highest BCUT2D eigenvalue weighted by Gasteiger charge is 2.09. The zero-order valence-corrected chi connectivity index (χ0v) is 10.5. The van der Waals surface area contributed by atoms with Gasteiger partial charge in [-0.15, -0.1) is 0 Å². The van der Waals surface area contributed by atoms with Gasteiger partial charge in [0.05, 0.1) is 13.1 Å². The molecule has 2 amide bonds. The molecule has 0 aromatic carbocycles. The molecular formula is C11H23N3O2. The van der Waals surface area contributed by atoms with Crippen LogP contribution in [0, 0.1) is 0 Å². The van der Waals surface area contributed by atoms with E-state index < -0.39 is 0 Å². The molecule has 0 aliphatic rings. The van der Waals surface area contributed by atoms with Crippen molar-refractivity contribution in [2.24, 2.45) is 0 Å². The van der Waals surface area contributed by atoms with Crippen LogP contribution in [-0.4, -0.2) is 49.9 Å². The maximum atomic E-state index is 11.3. The topological polar surface area (TPSA) is 61.4 Å². The quantitative estimate of drug-likeness (QED) is 0.614. The van der Waals surface area contributed by atoms with Crippen LogP contribution in [0.1, 0.15) is 26.7 Å². The van der Waals surface area contributed by atoms with Crippen LogP contribution in [0.25, 0.3) is 0 Å². The summed E-state index contributed by atoms with van der Waals surface area (Å²) in [4.78, 5) is 24.4. The van der Waals surface area contributed by atoms with Gasteiger partial charge in [-0.05, 0) is 19.9 Å². The zero-order chi connectivity index (χ0) is 12.4. The van der Waals surface area contributed by atoms with E-state index in [2.05, 4.69) is 10.6 Å². The van der Waals surface area contributed by atoms with Crippen molar-refractivity contribution in [3.8, 4) is 0 Å². The molecular weight excluding hydrogens is 206 g/mol. The largest absolute Gasteiger partial charge is 0.355 e. The highest BCUT2D eigenvalue weighted by Crippen LogP contribution is 1.83. The third-order valence-corrected chi connectivity index (χ3v) is 1.97. The highest BCUT2D eigenvalue weighted by atomic mass is 16.2. The number of carbonyl (C=O) groups is 2. The molecule has 0 saturated carbocycles. The van der Waals surface area contributed by atoms with Gasteiger partial charge < -0.3 is 10.6 Å². The molecule has 0 bridgehead atoms. The Hall–Kier alpha value is -1.10. The minimum atomic E-state index is -0.0346. The second-order valence-electron chi connectivity index (χ2n) is 3.87. The number of hydrogen-bond acceptors (Lipinski definition) is 3. The van der Waals surface area contributed by atoms with Crippen LogP contribution in [0.5, 0.6) is 0 Å². The van der Waals surface area contributed by atoms with Crippen LogP contribution < -0.4 is 10.6 Å². The molecule has 0 radical (unpaired) electrons. The standard InChI is InChI=1S/C11H23N3O2/c1-4-6-12-10(15)8-14(3)9-11(16)13-7-5-2/h4-9H2,1-3H3,(H,12,15)(H,13,16). The van der Waals surface area contributed by atoms with E-state index >= 15 is 0 Å². The maximum Gasteiger partial charge on any atom is 0.234 e. The van der Waals surface area contributed by atoms with Gasteiger partial charge in [0.2, 0.25) is 11.8 Å². The van der Waals surface area contributed by atoms with Crippen molar-refractivity contribution in [3.05, 3.63) is 0 Å². The smallest absolute Gasteiger partial charge is 0.234 e. The molecule has 0 saturated heterocycles. The molecule has 5 nitrogen and oxygen atoms in total. The van der Waals surface area contributed by atoms with Crippen LogP contribution in [0.3, 0.4) is 0 Å². The average Bonchev–Trinajstić information content (AvgIpc) is 2.23. The first kappa shape index (κ1) is 14.9. The Labute approximate surface area is 97.6 Å². The summed E-state index contributed by atoms with van der Waals surface area (Å²) < 4.78 is 0. The number of likely N-dealkylation sites (N-methyl/N-ethyl adjacent to an activating group) is 1. The monoisotopic (exact) mass is 229 g/mol. The van der Waals surface area contributed by atoms with Gasteiger partial charge in [0.25, 0.3) is 0 Å². The van der Waals surface area contributed by atoms with Gasteiger partial charge in [0, 0.05) is 13.1 Å². The fraction of sp³-hybridized carbons (Fsp3) is 0.818. The summed E-state index contributed by atoms with van der Waals surface area (Å²) in [5, 5.41) is 5.53. The average molecular weight is 229 g/mol. The molecule has 0 aromatic rings. The van der Waals surface area contributed by atoms with Crippen molar-refractivity contribution in [2.45, 2.75) is 26.7 Å². The maximum absolute atomic E-state index is 11.3. The first-order valence-electron chi connectivity index (χ1n) is 5.82. The van der Waals surface area contributed by atoms with E-state index in [1.807, 2.05) is 13.8 Å². The summed E-state index contributed by atoms with van der Waals surface area (Å²) >= 11 is 0. The Kier molecular flexibility index (Phi) is 8.52. The molecule has 16 heavy (non-hydrogen) atoms. The second-order valence-corrected chi connectivity index (χ2v) is 3.87. The van der Waals surface area contributed by atoms with Crippen molar-refractivity contribution in [1.82, 2.24) is 15.5 Å². The lowest BCUT2D eigenvalue weighted by Gasteiger charge is -2.15. The summed E-state index contributed by atoms with van der Waals surface area (Å²) in [6, 6.07) is 0. The first-order chi connectivity index (χ1) is 7.60. The number of hydrogen-bond donors (Lipinski definition) is 2. The van der Waals surface area contributed by atoms with E-state index in [1.165, 1.54) is 0 Å². The highest BCUT2D eigenvalue weighted by molar-refractivity contribution is 5.81. The van der Waals surface area contributed by atoms with Gasteiger partial charge in [-0.1, -0.05) is 13.8 Å². The Bertz CT molecular complexity index is 197. The van der Waals surface area contributed by atoms with Crippen molar-refractivity contribution >= 4 is 11.8 Å². The lowest BCUT2D eigenvalue weighted by atomic mass is 10.4. The van der Waals surface area contributed by atoms with E-state index in [9.17, 15) is 9.59 Å². The molecule has 0 heterocycles. The molecule has 0 unspecified atom stereocenters. The fourth-order valence-electron chi connectivity index (χ4n) is 1.19. The van der Waals surface area contributed by atoms with Gasteiger partial charge in [0.15, 0.2) is 0 Å². The summed E-state index contributed by atoms with van der Waals surface area (Å²) in [5.41, 5.74) is 0. The number of nitrogens with one attached hydrogen (secondary N) is 2. The lowest BCUT2D eigenvalue weighted by molar-refractivity contribution is -0.124. The molecule has 0 aromatic heterocycles. The van der Waals surface area contributed by atoms with Gasteiger partial charge in [-0.3, -0.25) is 14.5 Å². The molecule has 2 N–H and O–H groups in total. The van der Waals surface area contributed by atoms with Gasteiger partial charge in [-0.2, -0.15) is 0 Å². The normalized spacial score (nSPS) is 10.2. The van der Waals surface area contributed by atoms with Crippen molar-refractivity contribution in [2.75, 3.05) is 33.2 Å². The second kappa shape index (κ2) is 9.15. The number of carbonyl (C=O) groups excluding carboxylic acids is 2. The molecule has 0 atom stereocenters. The van der Waals surface area contributed by atoms with E-state index in [-0.39, 0.29) is 24.9 Å². The van der Waals surface area contributed by atoms with Crippen LogP contribution in [0.2, 0.25) is 0 Å². The number of amides is 2.